The molecule has 88 valence electrons. The summed E-state index contributed by atoms with van der Waals surface area (Å²) >= 11 is 0. The van der Waals surface area contributed by atoms with Crippen LogP contribution in [0.2, 0.25) is 0 Å². The zero-order valence-corrected chi connectivity index (χ0v) is 9.59. The second-order valence-electron chi connectivity index (χ2n) is 3.86. The Morgan fingerprint density at radius 2 is 2.29 bits per heavy atom. The van der Waals surface area contributed by atoms with Crippen LogP contribution < -0.4 is 5.73 Å². The number of pyridine rings is 1. The summed E-state index contributed by atoms with van der Waals surface area (Å²) < 4.78 is 4.60. The minimum Gasteiger partial charge on any atom is -0.468 e. The summed E-state index contributed by atoms with van der Waals surface area (Å²) in [5.74, 6) is -0.392. The van der Waals surface area contributed by atoms with Gasteiger partial charge in [-0.25, -0.2) is 0 Å². The first-order valence-corrected chi connectivity index (χ1v) is 5.38. The van der Waals surface area contributed by atoms with Gasteiger partial charge in [-0.3, -0.25) is 9.78 Å². The molecule has 0 aliphatic rings. The molecule has 4 nitrogen and oxygen atoms in total. The maximum Gasteiger partial charge on any atom is 0.322 e. The number of fused-ring (bicyclic) bond motifs is 1. The molecular formula is C13H14N2O2. The number of aromatic nitrogens is 1. The molecule has 2 N–H and O–H groups in total. The first-order chi connectivity index (χ1) is 8.20. The van der Waals surface area contributed by atoms with Gasteiger partial charge >= 0.3 is 5.97 Å². The number of nitrogens with two attached hydrogens (primary N) is 1. The van der Waals surface area contributed by atoms with E-state index in [2.05, 4.69) is 9.72 Å². The molecule has 2 rings (SSSR count). The van der Waals surface area contributed by atoms with Crippen LogP contribution in [-0.4, -0.2) is 24.1 Å². The van der Waals surface area contributed by atoms with Crippen molar-refractivity contribution in [3.8, 4) is 0 Å². The standard InChI is InChI=1S/C13H14N2O2/c1-17-13(16)11(14)8-9-4-5-12-10(7-9)3-2-6-15-12/h2-7,11H,8,14H2,1H3/t11-/m1/s1. The van der Waals surface area contributed by atoms with Crippen LogP contribution in [0.15, 0.2) is 36.5 Å². The van der Waals surface area contributed by atoms with Gasteiger partial charge in [0, 0.05) is 11.6 Å². The molecule has 1 atom stereocenters. The number of methoxy groups -OCH3 is 1. The van der Waals surface area contributed by atoms with Crippen LogP contribution in [0, 0.1) is 0 Å². The Morgan fingerprint density at radius 1 is 1.47 bits per heavy atom. The number of carbonyl (C=O) groups is 1. The molecule has 0 unspecified atom stereocenters. The van der Waals surface area contributed by atoms with E-state index in [1.807, 2.05) is 30.3 Å². The number of nitrogens with zero attached hydrogens (tertiary/aromatic N) is 1. The fraction of sp³-hybridized carbons (Fsp3) is 0.231. The molecule has 1 heterocycles. The quantitative estimate of drug-likeness (QED) is 0.807. The van der Waals surface area contributed by atoms with Gasteiger partial charge in [-0.2, -0.15) is 0 Å². The van der Waals surface area contributed by atoms with E-state index in [9.17, 15) is 4.79 Å². The molecule has 17 heavy (non-hydrogen) atoms. The van der Waals surface area contributed by atoms with Crippen LogP contribution in [-0.2, 0) is 16.0 Å². The number of carbonyl (C=O) groups excluding carboxylic acids is 1. The third-order valence-corrected chi connectivity index (χ3v) is 2.63. The van der Waals surface area contributed by atoms with Crippen molar-refractivity contribution in [3.63, 3.8) is 0 Å². The van der Waals surface area contributed by atoms with E-state index in [1.165, 1.54) is 7.11 Å². The lowest BCUT2D eigenvalue weighted by molar-refractivity contribution is -0.142. The van der Waals surface area contributed by atoms with Crippen LogP contribution in [0.1, 0.15) is 5.56 Å². The van der Waals surface area contributed by atoms with Gasteiger partial charge in [-0.1, -0.05) is 12.1 Å². The van der Waals surface area contributed by atoms with Gasteiger partial charge < -0.3 is 10.5 Å². The molecule has 0 bridgehead atoms. The maximum atomic E-state index is 11.2. The molecule has 0 radical (unpaired) electrons. The van der Waals surface area contributed by atoms with Crippen molar-refractivity contribution in [2.45, 2.75) is 12.5 Å². The van der Waals surface area contributed by atoms with Crippen LogP contribution in [0.3, 0.4) is 0 Å². The van der Waals surface area contributed by atoms with E-state index in [-0.39, 0.29) is 0 Å². The molecule has 0 aliphatic carbocycles. The molecule has 0 spiro atoms. The summed E-state index contributed by atoms with van der Waals surface area (Å²) in [6.45, 7) is 0. The summed E-state index contributed by atoms with van der Waals surface area (Å²) in [5, 5.41) is 1.04. The number of hydrogen-bond donors (Lipinski definition) is 1. The molecule has 0 saturated heterocycles. The Balaban J connectivity index is 2.22. The third-order valence-electron chi connectivity index (χ3n) is 2.63. The first kappa shape index (κ1) is 11.5. The smallest absolute Gasteiger partial charge is 0.322 e. The lowest BCUT2D eigenvalue weighted by Crippen LogP contribution is -2.33. The Labute approximate surface area is 99.4 Å². The van der Waals surface area contributed by atoms with Crippen LogP contribution in [0.25, 0.3) is 10.9 Å². The van der Waals surface area contributed by atoms with E-state index in [1.54, 1.807) is 6.20 Å². The van der Waals surface area contributed by atoms with Crippen molar-refractivity contribution in [2.75, 3.05) is 7.11 Å². The zero-order valence-electron chi connectivity index (χ0n) is 9.59. The average Bonchev–Trinajstić information content (AvgIpc) is 2.37. The predicted molar refractivity (Wildman–Crippen MR) is 65.4 cm³/mol. The summed E-state index contributed by atoms with van der Waals surface area (Å²) in [7, 11) is 1.34. The van der Waals surface area contributed by atoms with E-state index >= 15 is 0 Å². The monoisotopic (exact) mass is 230 g/mol. The lowest BCUT2D eigenvalue weighted by Gasteiger charge is -2.09. The van der Waals surface area contributed by atoms with Gasteiger partial charge in [0.2, 0.25) is 0 Å². The molecule has 0 aliphatic heterocycles. The molecule has 4 heteroatoms. The molecule has 0 amide bonds. The van der Waals surface area contributed by atoms with Gasteiger partial charge in [0.15, 0.2) is 0 Å². The van der Waals surface area contributed by atoms with Gasteiger partial charge in [0.05, 0.1) is 12.6 Å². The van der Waals surface area contributed by atoms with Crippen LogP contribution >= 0.6 is 0 Å². The highest BCUT2D eigenvalue weighted by molar-refractivity contribution is 5.80. The number of benzene rings is 1. The molecule has 0 saturated carbocycles. The second-order valence-corrected chi connectivity index (χ2v) is 3.86. The van der Waals surface area contributed by atoms with Crippen molar-refractivity contribution in [1.82, 2.24) is 4.98 Å². The van der Waals surface area contributed by atoms with Crippen molar-refractivity contribution >= 4 is 16.9 Å². The van der Waals surface area contributed by atoms with Crippen molar-refractivity contribution < 1.29 is 9.53 Å². The van der Waals surface area contributed by atoms with E-state index < -0.39 is 12.0 Å². The van der Waals surface area contributed by atoms with Crippen LogP contribution in [0.5, 0.6) is 0 Å². The van der Waals surface area contributed by atoms with Gasteiger partial charge in [-0.05, 0) is 30.2 Å². The predicted octanol–water partition coefficient (Wildman–Crippen LogP) is 1.28. The minimum absolute atomic E-state index is 0.392. The first-order valence-electron chi connectivity index (χ1n) is 5.38. The highest BCUT2D eigenvalue weighted by Crippen LogP contribution is 2.14. The Hall–Kier alpha value is -1.94. The summed E-state index contributed by atoms with van der Waals surface area (Å²) in [5.41, 5.74) is 7.65. The zero-order chi connectivity index (χ0) is 12.3. The van der Waals surface area contributed by atoms with Gasteiger partial charge in [0.1, 0.15) is 6.04 Å². The Kier molecular flexibility index (Phi) is 3.35. The van der Waals surface area contributed by atoms with E-state index in [0.29, 0.717) is 6.42 Å². The number of esters is 1. The average molecular weight is 230 g/mol. The summed E-state index contributed by atoms with van der Waals surface area (Å²) in [6.07, 6.45) is 2.22. The van der Waals surface area contributed by atoms with Gasteiger partial charge in [0.25, 0.3) is 0 Å². The minimum atomic E-state index is -0.617. The lowest BCUT2D eigenvalue weighted by atomic mass is 10.0. The fourth-order valence-corrected chi connectivity index (χ4v) is 1.74. The highest BCUT2D eigenvalue weighted by Gasteiger charge is 2.14. The summed E-state index contributed by atoms with van der Waals surface area (Å²) in [4.78, 5) is 15.5. The Bertz CT molecular complexity index is 540. The number of hydrogen-bond acceptors (Lipinski definition) is 4. The van der Waals surface area contributed by atoms with Crippen molar-refractivity contribution in [2.24, 2.45) is 5.73 Å². The second kappa shape index (κ2) is 4.93. The van der Waals surface area contributed by atoms with Crippen molar-refractivity contribution in [3.05, 3.63) is 42.1 Å². The maximum absolute atomic E-state index is 11.2. The molecule has 0 fully saturated rings. The molecule has 1 aromatic heterocycles. The Morgan fingerprint density at radius 3 is 3.06 bits per heavy atom. The largest absolute Gasteiger partial charge is 0.468 e. The normalized spacial score (nSPS) is 12.4. The van der Waals surface area contributed by atoms with Crippen molar-refractivity contribution in [1.29, 1.82) is 0 Å². The van der Waals surface area contributed by atoms with Crippen LogP contribution in [0.4, 0.5) is 0 Å². The highest BCUT2D eigenvalue weighted by atomic mass is 16.5. The fourth-order valence-electron chi connectivity index (χ4n) is 1.74. The molecule has 2 aromatic rings. The topological polar surface area (TPSA) is 65.2 Å². The third kappa shape index (κ3) is 2.60. The number of ether oxygens (including phenoxy) is 1. The van der Waals surface area contributed by atoms with Gasteiger partial charge in [-0.15, -0.1) is 0 Å². The molecular weight excluding hydrogens is 216 g/mol. The van der Waals surface area contributed by atoms with E-state index in [0.717, 1.165) is 16.5 Å². The van der Waals surface area contributed by atoms with E-state index in [4.69, 9.17) is 5.73 Å². The number of rotatable bonds is 3. The summed E-state index contributed by atoms with van der Waals surface area (Å²) in [6, 6.07) is 9.09. The SMILES string of the molecule is COC(=O)[C@H](N)Cc1ccc2ncccc2c1. The molecule has 1 aromatic carbocycles.